The third kappa shape index (κ3) is 10.3. The molecule has 3 rings (SSSR count). The van der Waals surface area contributed by atoms with E-state index in [0.29, 0.717) is 12.3 Å². The summed E-state index contributed by atoms with van der Waals surface area (Å²) in [5.74, 6) is -2.54. The van der Waals surface area contributed by atoms with Crippen LogP contribution < -0.4 is 31.7 Å². The number of nitrogens with two attached hydrogens (primary N) is 1. The van der Waals surface area contributed by atoms with Crippen molar-refractivity contribution < 1.29 is 28.7 Å². The van der Waals surface area contributed by atoms with Crippen LogP contribution in [0, 0.1) is 5.92 Å². The third-order valence-corrected chi connectivity index (χ3v) is 7.42. The number of nitrogens with one attached hydrogen (secondary N) is 4. The van der Waals surface area contributed by atoms with Gasteiger partial charge in [0.25, 0.3) is 5.91 Å². The van der Waals surface area contributed by atoms with Crippen LogP contribution in [0.3, 0.4) is 0 Å². The Bertz CT molecular complexity index is 1070. The molecule has 0 aliphatic carbocycles. The average molecular weight is 573 g/mol. The SMILES string of the molecule is CC(C)[C@H]1COc2ccccc2C(=O)N[C@H](C(=O)NCCCCN2CCCC2)CCC(=O)N[C@@H](CC(N)=O)C(=O)N1. The normalized spacial score (nSPS) is 22.8. The molecule has 41 heavy (non-hydrogen) atoms. The van der Waals surface area contributed by atoms with Crippen molar-refractivity contribution in [2.24, 2.45) is 11.7 Å². The van der Waals surface area contributed by atoms with E-state index >= 15 is 0 Å². The van der Waals surface area contributed by atoms with Crippen LogP contribution in [0.15, 0.2) is 24.3 Å². The van der Waals surface area contributed by atoms with Crippen molar-refractivity contribution in [3.8, 4) is 5.75 Å². The van der Waals surface area contributed by atoms with Gasteiger partial charge in [-0.3, -0.25) is 24.0 Å². The number of primary amides is 1. The van der Waals surface area contributed by atoms with Crippen molar-refractivity contribution in [3.05, 3.63) is 29.8 Å². The fourth-order valence-electron chi connectivity index (χ4n) is 4.90. The molecule has 12 nitrogen and oxygen atoms in total. The Morgan fingerprint density at radius 1 is 1.07 bits per heavy atom. The molecule has 1 saturated heterocycles. The lowest BCUT2D eigenvalue weighted by molar-refractivity contribution is -0.132. The minimum absolute atomic E-state index is 0.0141. The van der Waals surface area contributed by atoms with Crippen molar-refractivity contribution in [3.63, 3.8) is 0 Å². The Kier molecular flexibility index (Phi) is 12.4. The molecule has 2 heterocycles. The van der Waals surface area contributed by atoms with E-state index in [1.807, 2.05) is 13.8 Å². The first-order chi connectivity index (χ1) is 19.6. The summed E-state index contributed by atoms with van der Waals surface area (Å²) >= 11 is 0. The number of unbranched alkanes of at least 4 members (excludes halogenated alkanes) is 1. The topological polar surface area (TPSA) is 172 Å². The second-order valence-electron chi connectivity index (χ2n) is 11.1. The minimum atomic E-state index is -1.18. The standard InChI is InChI=1S/C29H44N6O6/c1-19(2)23-18-41-24-10-4-3-9-20(24)27(38)33-21(28(39)31-13-5-6-14-35-15-7-8-16-35)11-12-26(37)32-22(17-25(30)36)29(40)34-23/h3-4,9-10,19,21-23H,5-8,11-18H2,1-2H3,(H2,30,36)(H,31,39)(H,32,37)(H,33,38)(H,34,40)/t21-,22-,23+/m0/s1. The highest BCUT2D eigenvalue weighted by atomic mass is 16.5. The largest absolute Gasteiger partial charge is 0.491 e. The number of para-hydroxylation sites is 1. The summed E-state index contributed by atoms with van der Waals surface area (Å²) in [6.07, 6.45) is 3.63. The van der Waals surface area contributed by atoms with Gasteiger partial charge in [0.2, 0.25) is 23.6 Å². The van der Waals surface area contributed by atoms with Crippen LogP contribution in [0.4, 0.5) is 0 Å². The van der Waals surface area contributed by atoms with Gasteiger partial charge in [0.1, 0.15) is 24.4 Å². The highest BCUT2D eigenvalue weighted by molar-refractivity contribution is 6.00. The molecule has 0 radical (unpaired) electrons. The van der Waals surface area contributed by atoms with E-state index in [1.165, 1.54) is 12.8 Å². The van der Waals surface area contributed by atoms with Gasteiger partial charge >= 0.3 is 0 Å². The predicted octanol–water partition coefficient (Wildman–Crippen LogP) is 0.451. The number of hydrogen-bond donors (Lipinski definition) is 5. The Balaban J connectivity index is 1.75. The van der Waals surface area contributed by atoms with Crippen molar-refractivity contribution in [2.45, 2.75) is 76.9 Å². The van der Waals surface area contributed by atoms with E-state index in [1.54, 1.807) is 24.3 Å². The molecule has 1 aromatic rings. The number of likely N-dealkylation sites (tertiary alicyclic amines) is 1. The smallest absolute Gasteiger partial charge is 0.255 e. The molecule has 0 saturated carbocycles. The maximum atomic E-state index is 13.3. The molecular weight excluding hydrogens is 528 g/mol. The Hall–Kier alpha value is -3.67. The zero-order valence-corrected chi connectivity index (χ0v) is 24.1. The van der Waals surface area contributed by atoms with E-state index in [4.69, 9.17) is 10.5 Å². The summed E-state index contributed by atoms with van der Waals surface area (Å²) in [5.41, 5.74) is 5.58. The van der Waals surface area contributed by atoms with Gasteiger partial charge in [0.05, 0.1) is 18.0 Å². The molecule has 226 valence electrons. The second-order valence-corrected chi connectivity index (χ2v) is 11.1. The Morgan fingerprint density at radius 2 is 1.80 bits per heavy atom. The zero-order valence-electron chi connectivity index (χ0n) is 24.1. The molecule has 0 unspecified atom stereocenters. The van der Waals surface area contributed by atoms with E-state index in [2.05, 4.69) is 26.2 Å². The summed E-state index contributed by atoms with van der Waals surface area (Å²) in [6.45, 7) is 7.48. The van der Waals surface area contributed by atoms with Gasteiger partial charge in [-0.25, -0.2) is 0 Å². The van der Waals surface area contributed by atoms with E-state index in [0.717, 1.165) is 32.5 Å². The van der Waals surface area contributed by atoms with Gasteiger partial charge in [-0.15, -0.1) is 0 Å². The lowest BCUT2D eigenvalue weighted by Crippen LogP contribution is -2.53. The van der Waals surface area contributed by atoms with Crippen LogP contribution in [0.25, 0.3) is 0 Å². The van der Waals surface area contributed by atoms with Gasteiger partial charge in [-0.2, -0.15) is 0 Å². The average Bonchev–Trinajstić information content (AvgIpc) is 3.45. The van der Waals surface area contributed by atoms with E-state index in [-0.39, 0.29) is 37.4 Å². The third-order valence-electron chi connectivity index (χ3n) is 7.42. The predicted molar refractivity (Wildman–Crippen MR) is 153 cm³/mol. The molecule has 1 aromatic carbocycles. The lowest BCUT2D eigenvalue weighted by Gasteiger charge is -2.26. The molecule has 0 aromatic heterocycles. The number of rotatable bonds is 9. The summed E-state index contributed by atoms with van der Waals surface area (Å²) < 4.78 is 5.96. The zero-order chi connectivity index (χ0) is 29.8. The fraction of sp³-hybridized carbons (Fsp3) is 0.621. The van der Waals surface area contributed by atoms with Crippen molar-refractivity contribution >= 4 is 29.5 Å². The second kappa shape index (κ2) is 15.9. The first-order valence-corrected chi connectivity index (χ1v) is 14.5. The number of carbonyl (C=O) groups is 5. The number of benzene rings is 1. The van der Waals surface area contributed by atoms with Gasteiger partial charge < -0.3 is 36.6 Å². The van der Waals surface area contributed by atoms with Crippen molar-refractivity contribution in [1.82, 2.24) is 26.2 Å². The summed E-state index contributed by atoms with van der Waals surface area (Å²) in [4.78, 5) is 66.4. The highest BCUT2D eigenvalue weighted by Gasteiger charge is 2.29. The van der Waals surface area contributed by atoms with Crippen LogP contribution in [0.1, 0.15) is 69.2 Å². The van der Waals surface area contributed by atoms with Gasteiger partial charge in [-0.1, -0.05) is 26.0 Å². The fourth-order valence-corrected chi connectivity index (χ4v) is 4.90. The van der Waals surface area contributed by atoms with Crippen LogP contribution in [-0.4, -0.2) is 85.3 Å². The highest BCUT2D eigenvalue weighted by Crippen LogP contribution is 2.20. The molecule has 0 spiro atoms. The lowest BCUT2D eigenvalue weighted by atomic mass is 10.0. The van der Waals surface area contributed by atoms with Gasteiger partial charge in [-0.05, 0) is 69.8 Å². The van der Waals surface area contributed by atoms with Crippen molar-refractivity contribution in [2.75, 3.05) is 32.8 Å². The minimum Gasteiger partial charge on any atom is -0.491 e. The van der Waals surface area contributed by atoms with Gasteiger partial charge in [0.15, 0.2) is 0 Å². The summed E-state index contributed by atoms with van der Waals surface area (Å²) in [5, 5.41) is 11.0. The molecule has 2 aliphatic heterocycles. The Labute approximate surface area is 241 Å². The molecule has 0 bridgehead atoms. The first kappa shape index (κ1) is 31.9. The quantitative estimate of drug-likeness (QED) is 0.267. The molecule has 12 heteroatoms. The van der Waals surface area contributed by atoms with Gasteiger partial charge in [0, 0.05) is 13.0 Å². The van der Waals surface area contributed by atoms with Crippen LogP contribution in [0.2, 0.25) is 0 Å². The maximum Gasteiger partial charge on any atom is 0.255 e. The monoisotopic (exact) mass is 572 g/mol. The van der Waals surface area contributed by atoms with Crippen molar-refractivity contribution in [1.29, 1.82) is 0 Å². The Morgan fingerprint density at radius 3 is 2.51 bits per heavy atom. The van der Waals surface area contributed by atoms with E-state index < -0.39 is 47.7 Å². The molecular formula is C29H44N6O6. The maximum absolute atomic E-state index is 13.3. The van der Waals surface area contributed by atoms with Crippen LogP contribution in [0.5, 0.6) is 5.75 Å². The number of hydrogen-bond acceptors (Lipinski definition) is 7. The molecule has 1 fully saturated rings. The van der Waals surface area contributed by atoms with Crippen LogP contribution in [-0.2, 0) is 19.2 Å². The number of nitrogens with zero attached hydrogens (tertiary/aromatic N) is 1. The number of carbonyl (C=O) groups excluding carboxylic acids is 5. The number of fused-ring (bicyclic) bond motifs is 1. The molecule has 5 amide bonds. The summed E-state index contributed by atoms with van der Waals surface area (Å²) in [7, 11) is 0. The molecule has 6 N–H and O–H groups in total. The first-order valence-electron chi connectivity index (χ1n) is 14.5. The summed E-state index contributed by atoms with van der Waals surface area (Å²) in [6, 6.07) is 3.97. The van der Waals surface area contributed by atoms with E-state index in [9.17, 15) is 24.0 Å². The molecule has 3 atom stereocenters. The number of amides is 5. The number of ether oxygens (including phenoxy) is 1. The van der Waals surface area contributed by atoms with Crippen LogP contribution >= 0.6 is 0 Å². The molecule has 2 aliphatic rings.